The maximum atomic E-state index is 12.0. The van der Waals surface area contributed by atoms with Crippen LogP contribution >= 0.6 is 23.4 Å². The Morgan fingerprint density at radius 1 is 1.50 bits per heavy atom. The quantitative estimate of drug-likeness (QED) is 0.890. The number of fused-ring (bicyclic) bond motifs is 1. The smallest absolute Gasteiger partial charge is 0.224 e. The molecule has 2 atom stereocenters. The molecule has 0 aliphatic rings. The SMILES string of the molecule is CSCC(C)C(=O)NC(C)c1nc2ccc(Cl)cc2[nH]1. The highest BCUT2D eigenvalue weighted by molar-refractivity contribution is 7.98. The fraction of sp³-hybridized carbons (Fsp3) is 0.429. The molecule has 0 aliphatic carbocycles. The first-order chi connectivity index (χ1) is 9.51. The Kier molecular flexibility index (Phi) is 4.94. The number of aromatic amines is 1. The molecule has 2 unspecified atom stereocenters. The van der Waals surface area contributed by atoms with E-state index in [1.165, 1.54) is 0 Å². The van der Waals surface area contributed by atoms with Gasteiger partial charge < -0.3 is 10.3 Å². The van der Waals surface area contributed by atoms with E-state index in [-0.39, 0.29) is 17.9 Å². The number of hydrogen-bond donors (Lipinski definition) is 2. The number of H-pyrrole nitrogens is 1. The molecule has 0 spiro atoms. The van der Waals surface area contributed by atoms with Gasteiger partial charge in [0.2, 0.25) is 5.91 Å². The summed E-state index contributed by atoms with van der Waals surface area (Å²) in [6.07, 6.45) is 2.00. The maximum Gasteiger partial charge on any atom is 0.224 e. The number of benzene rings is 1. The third kappa shape index (κ3) is 3.46. The molecule has 0 saturated heterocycles. The molecule has 4 nitrogen and oxygen atoms in total. The van der Waals surface area contributed by atoms with Crippen molar-refractivity contribution in [2.45, 2.75) is 19.9 Å². The fourth-order valence-corrected chi connectivity index (χ4v) is 2.78. The minimum Gasteiger partial charge on any atom is -0.346 e. The second-order valence-corrected chi connectivity index (χ2v) is 6.22. The lowest BCUT2D eigenvalue weighted by Gasteiger charge is -2.15. The second-order valence-electron chi connectivity index (χ2n) is 4.87. The molecular weight excluding hydrogens is 294 g/mol. The Morgan fingerprint density at radius 2 is 2.25 bits per heavy atom. The standard InChI is InChI=1S/C14H18ClN3OS/c1-8(7-20-3)14(19)16-9(2)13-17-11-5-4-10(15)6-12(11)18-13/h4-6,8-9H,7H2,1-3H3,(H,16,19)(H,17,18). The summed E-state index contributed by atoms with van der Waals surface area (Å²) in [4.78, 5) is 19.7. The van der Waals surface area contributed by atoms with Crippen LogP contribution in [0.1, 0.15) is 25.7 Å². The van der Waals surface area contributed by atoms with Gasteiger partial charge in [0.1, 0.15) is 5.82 Å². The van der Waals surface area contributed by atoms with Gasteiger partial charge in [0.15, 0.2) is 0 Å². The Morgan fingerprint density at radius 3 is 2.95 bits per heavy atom. The monoisotopic (exact) mass is 311 g/mol. The second kappa shape index (κ2) is 6.50. The molecule has 0 fully saturated rings. The van der Waals surface area contributed by atoms with Crippen LogP contribution in [0.25, 0.3) is 11.0 Å². The van der Waals surface area contributed by atoms with E-state index in [1.807, 2.05) is 32.2 Å². The summed E-state index contributed by atoms with van der Waals surface area (Å²) in [6.45, 7) is 3.85. The van der Waals surface area contributed by atoms with Crippen molar-refractivity contribution in [1.82, 2.24) is 15.3 Å². The number of hydrogen-bond acceptors (Lipinski definition) is 3. The first-order valence-electron chi connectivity index (χ1n) is 6.45. The summed E-state index contributed by atoms with van der Waals surface area (Å²) in [5.41, 5.74) is 1.73. The zero-order valence-corrected chi connectivity index (χ0v) is 13.3. The lowest BCUT2D eigenvalue weighted by molar-refractivity contribution is -0.124. The van der Waals surface area contributed by atoms with Crippen molar-refractivity contribution in [1.29, 1.82) is 0 Å². The van der Waals surface area contributed by atoms with Crippen molar-refractivity contribution in [2.24, 2.45) is 5.92 Å². The first-order valence-corrected chi connectivity index (χ1v) is 8.23. The van der Waals surface area contributed by atoms with Crippen LogP contribution < -0.4 is 5.32 Å². The van der Waals surface area contributed by atoms with Crippen LogP contribution in [0.4, 0.5) is 0 Å². The minimum absolute atomic E-state index is 0.00808. The van der Waals surface area contributed by atoms with Gasteiger partial charge >= 0.3 is 0 Å². The summed E-state index contributed by atoms with van der Waals surface area (Å²) >= 11 is 7.62. The van der Waals surface area contributed by atoms with Gasteiger partial charge in [0.05, 0.1) is 17.1 Å². The predicted molar refractivity (Wildman–Crippen MR) is 85.2 cm³/mol. The Bertz CT molecular complexity index is 613. The van der Waals surface area contributed by atoms with Gasteiger partial charge in [-0.2, -0.15) is 11.8 Å². The van der Waals surface area contributed by atoms with Crippen molar-refractivity contribution in [2.75, 3.05) is 12.0 Å². The summed E-state index contributed by atoms with van der Waals surface area (Å²) in [5, 5.41) is 3.64. The number of halogens is 1. The highest BCUT2D eigenvalue weighted by Crippen LogP contribution is 2.20. The number of rotatable bonds is 5. The molecule has 2 rings (SSSR count). The number of thioether (sulfide) groups is 1. The Balaban J connectivity index is 2.11. The van der Waals surface area contributed by atoms with Crippen molar-refractivity contribution in [3.63, 3.8) is 0 Å². The first kappa shape index (κ1) is 15.2. The molecule has 2 N–H and O–H groups in total. The molecule has 6 heteroatoms. The van der Waals surface area contributed by atoms with E-state index in [2.05, 4.69) is 15.3 Å². The van der Waals surface area contributed by atoms with E-state index in [1.54, 1.807) is 17.8 Å². The third-order valence-corrected chi connectivity index (χ3v) is 4.16. The van der Waals surface area contributed by atoms with Crippen molar-refractivity contribution < 1.29 is 4.79 Å². The van der Waals surface area contributed by atoms with Crippen molar-refractivity contribution in [3.05, 3.63) is 29.0 Å². The minimum atomic E-state index is -0.155. The van der Waals surface area contributed by atoms with Crippen LogP contribution in [-0.2, 0) is 4.79 Å². The van der Waals surface area contributed by atoms with Gasteiger partial charge in [0, 0.05) is 16.7 Å². The molecule has 1 aromatic carbocycles. The van der Waals surface area contributed by atoms with Gasteiger partial charge in [-0.15, -0.1) is 0 Å². The Labute approximate surface area is 127 Å². The molecule has 1 aromatic heterocycles. The molecule has 0 aliphatic heterocycles. The fourth-order valence-electron chi connectivity index (χ4n) is 1.96. The number of amides is 1. The number of imidazole rings is 1. The van der Waals surface area contributed by atoms with E-state index in [9.17, 15) is 4.79 Å². The highest BCUT2D eigenvalue weighted by Gasteiger charge is 2.17. The average Bonchev–Trinajstić information content (AvgIpc) is 2.81. The molecular formula is C14H18ClN3OS. The van der Waals surface area contributed by atoms with Crippen LogP contribution in [-0.4, -0.2) is 27.9 Å². The molecule has 20 heavy (non-hydrogen) atoms. The summed E-state index contributed by atoms with van der Waals surface area (Å²) in [5.74, 6) is 1.59. The van der Waals surface area contributed by atoms with E-state index >= 15 is 0 Å². The normalized spacial score (nSPS) is 14.2. The molecule has 108 valence electrons. The Hall–Kier alpha value is -1.20. The molecule has 0 bridgehead atoms. The lowest BCUT2D eigenvalue weighted by atomic mass is 10.2. The molecule has 2 aromatic rings. The van der Waals surface area contributed by atoms with Crippen molar-refractivity contribution >= 4 is 40.3 Å². The van der Waals surface area contributed by atoms with Crippen LogP contribution in [0.3, 0.4) is 0 Å². The zero-order valence-electron chi connectivity index (χ0n) is 11.7. The third-order valence-electron chi connectivity index (χ3n) is 3.10. The predicted octanol–water partition coefficient (Wildman–Crippen LogP) is 3.39. The van der Waals surface area contributed by atoms with E-state index in [0.717, 1.165) is 22.6 Å². The largest absolute Gasteiger partial charge is 0.346 e. The van der Waals surface area contributed by atoms with Crippen LogP contribution in [0, 0.1) is 5.92 Å². The zero-order chi connectivity index (χ0) is 14.7. The van der Waals surface area contributed by atoms with Gasteiger partial charge in [-0.3, -0.25) is 4.79 Å². The number of carbonyl (C=O) groups excluding carboxylic acids is 1. The van der Waals surface area contributed by atoms with Crippen molar-refractivity contribution in [3.8, 4) is 0 Å². The maximum absolute atomic E-state index is 12.0. The summed E-state index contributed by atoms with van der Waals surface area (Å²) in [7, 11) is 0. The van der Waals surface area contributed by atoms with E-state index in [4.69, 9.17) is 11.6 Å². The summed E-state index contributed by atoms with van der Waals surface area (Å²) in [6, 6.07) is 5.34. The molecule has 0 radical (unpaired) electrons. The van der Waals surface area contributed by atoms with Gasteiger partial charge in [0.25, 0.3) is 0 Å². The van der Waals surface area contributed by atoms with Crippen LogP contribution in [0.2, 0.25) is 5.02 Å². The lowest BCUT2D eigenvalue weighted by Crippen LogP contribution is -2.33. The van der Waals surface area contributed by atoms with Crippen LogP contribution in [0.5, 0.6) is 0 Å². The van der Waals surface area contributed by atoms with Gasteiger partial charge in [-0.05, 0) is 31.4 Å². The molecule has 0 saturated carbocycles. The van der Waals surface area contributed by atoms with Gasteiger partial charge in [-0.1, -0.05) is 18.5 Å². The number of nitrogens with one attached hydrogen (secondary N) is 2. The van der Waals surface area contributed by atoms with E-state index < -0.39 is 0 Å². The molecule has 1 heterocycles. The van der Waals surface area contributed by atoms with E-state index in [0.29, 0.717) is 5.02 Å². The number of aromatic nitrogens is 2. The average molecular weight is 312 g/mol. The van der Waals surface area contributed by atoms with Crippen LogP contribution in [0.15, 0.2) is 18.2 Å². The van der Waals surface area contributed by atoms with Gasteiger partial charge in [-0.25, -0.2) is 4.98 Å². The number of carbonyl (C=O) groups is 1. The summed E-state index contributed by atoms with van der Waals surface area (Å²) < 4.78 is 0. The molecule has 1 amide bonds. The topological polar surface area (TPSA) is 57.8 Å². The highest BCUT2D eigenvalue weighted by atomic mass is 35.5. The number of nitrogens with zero attached hydrogens (tertiary/aromatic N) is 1.